The van der Waals surface area contributed by atoms with E-state index in [0.29, 0.717) is 5.95 Å². The molecule has 5 rings (SSSR count). The van der Waals surface area contributed by atoms with Crippen molar-refractivity contribution in [2.24, 2.45) is 0 Å². The summed E-state index contributed by atoms with van der Waals surface area (Å²) in [5.41, 5.74) is 3.49. The van der Waals surface area contributed by atoms with Crippen molar-refractivity contribution >= 4 is 23.7 Å². The van der Waals surface area contributed by atoms with Gasteiger partial charge in [-0.25, -0.2) is 9.58 Å². The molecule has 2 atom stereocenters. The van der Waals surface area contributed by atoms with E-state index in [-0.39, 0.29) is 42.7 Å². The fraction of sp³-hybridized carbons (Fsp3) is 0.273. The summed E-state index contributed by atoms with van der Waals surface area (Å²) in [7, 11) is 0. The van der Waals surface area contributed by atoms with E-state index in [2.05, 4.69) is 58.7 Å². The Labute approximate surface area is 168 Å². The zero-order valence-corrected chi connectivity index (χ0v) is 16.1. The Kier molecular flexibility index (Phi) is 4.16. The van der Waals surface area contributed by atoms with E-state index in [1.807, 2.05) is 18.2 Å². The Morgan fingerprint density at radius 3 is 2.31 bits per heavy atom. The maximum absolute atomic E-state index is 12.2. The first-order valence-electron chi connectivity index (χ1n) is 9.80. The standard InChI is InChI=1S/C22H21N5O2/c1-14-7-9-15(10-8-14)17-13-18(16-5-3-2-4-6-16)27-21(23-17)24-22(25-27)26-19(28)11-12-20(26)29/h2-10,17-18H,11-13H2,1H3,(H,23,24,25). The molecule has 29 heavy (non-hydrogen) atoms. The molecular formula is C22H21N5O2. The molecule has 7 heteroatoms. The Balaban J connectivity index is 1.57. The number of nitrogens with one attached hydrogen (secondary N) is 1. The van der Waals surface area contributed by atoms with Crippen molar-refractivity contribution in [3.63, 3.8) is 0 Å². The number of anilines is 2. The zero-order valence-electron chi connectivity index (χ0n) is 16.1. The van der Waals surface area contributed by atoms with Gasteiger partial charge in [-0.3, -0.25) is 9.59 Å². The summed E-state index contributed by atoms with van der Waals surface area (Å²) in [6.45, 7) is 2.07. The molecule has 2 aromatic carbocycles. The van der Waals surface area contributed by atoms with Crippen LogP contribution in [0.4, 0.5) is 11.9 Å². The van der Waals surface area contributed by atoms with Crippen LogP contribution in [0.2, 0.25) is 0 Å². The Bertz CT molecular complexity index is 1060. The number of hydrogen-bond acceptors (Lipinski definition) is 5. The molecule has 0 spiro atoms. The lowest BCUT2D eigenvalue weighted by Gasteiger charge is -2.31. The van der Waals surface area contributed by atoms with Gasteiger partial charge in [0, 0.05) is 12.8 Å². The van der Waals surface area contributed by atoms with Crippen LogP contribution in [0.3, 0.4) is 0 Å². The number of imide groups is 1. The van der Waals surface area contributed by atoms with E-state index in [0.717, 1.165) is 16.9 Å². The molecule has 3 heterocycles. The number of aryl methyl sites for hydroxylation is 1. The van der Waals surface area contributed by atoms with Gasteiger partial charge in [0.15, 0.2) is 0 Å². The number of aromatic nitrogens is 3. The molecule has 1 saturated heterocycles. The minimum Gasteiger partial charge on any atom is -0.347 e. The van der Waals surface area contributed by atoms with Crippen molar-refractivity contribution in [3.8, 4) is 0 Å². The van der Waals surface area contributed by atoms with E-state index in [1.165, 1.54) is 11.1 Å². The van der Waals surface area contributed by atoms with Gasteiger partial charge >= 0.3 is 0 Å². The molecule has 0 bridgehead atoms. The number of amides is 2. The van der Waals surface area contributed by atoms with Gasteiger partial charge in [0.1, 0.15) is 0 Å². The molecule has 0 aliphatic carbocycles. The predicted molar refractivity (Wildman–Crippen MR) is 108 cm³/mol. The summed E-state index contributed by atoms with van der Waals surface area (Å²) >= 11 is 0. The van der Waals surface area contributed by atoms with Crippen LogP contribution in [0, 0.1) is 6.92 Å². The molecule has 2 amide bonds. The topological polar surface area (TPSA) is 80.1 Å². The molecule has 2 unspecified atom stereocenters. The summed E-state index contributed by atoms with van der Waals surface area (Å²) < 4.78 is 1.80. The second-order valence-electron chi connectivity index (χ2n) is 7.57. The van der Waals surface area contributed by atoms with Gasteiger partial charge in [0.2, 0.25) is 17.8 Å². The highest BCUT2D eigenvalue weighted by Gasteiger charge is 2.37. The third-order valence-corrected chi connectivity index (χ3v) is 5.59. The van der Waals surface area contributed by atoms with Crippen LogP contribution < -0.4 is 10.2 Å². The maximum atomic E-state index is 12.2. The first kappa shape index (κ1) is 17.6. The fourth-order valence-electron chi connectivity index (χ4n) is 4.03. The summed E-state index contributed by atoms with van der Waals surface area (Å²) in [5.74, 6) is 0.234. The van der Waals surface area contributed by atoms with Gasteiger partial charge in [0.25, 0.3) is 5.95 Å². The first-order valence-corrected chi connectivity index (χ1v) is 9.80. The Morgan fingerprint density at radius 1 is 0.931 bits per heavy atom. The number of carbonyl (C=O) groups is 2. The summed E-state index contributed by atoms with van der Waals surface area (Å²) in [6, 6.07) is 18.6. The predicted octanol–water partition coefficient (Wildman–Crippen LogP) is 3.39. The van der Waals surface area contributed by atoms with E-state index in [4.69, 9.17) is 0 Å². The fourth-order valence-corrected chi connectivity index (χ4v) is 4.03. The number of rotatable bonds is 3. The molecule has 0 saturated carbocycles. The summed E-state index contributed by atoms with van der Waals surface area (Å²) in [6.07, 6.45) is 1.21. The van der Waals surface area contributed by atoms with E-state index < -0.39 is 0 Å². The highest BCUT2D eigenvalue weighted by atomic mass is 16.2. The van der Waals surface area contributed by atoms with E-state index in [9.17, 15) is 9.59 Å². The lowest BCUT2D eigenvalue weighted by Crippen LogP contribution is -2.30. The molecule has 2 aliphatic rings. The third-order valence-electron chi connectivity index (χ3n) is 5.59. The Hall–Kier alpha value is -3.48. The summed E-state index contributed by atoms with van der Waals surface area (Å²) in [5, 5.41) is 8.01. The lowest BCUT2D eigenvalue weighted by atomic mass is 9.93. The number of fused-ring (bicyclic) bond motifs is 1. The van der Waals surface area contributed by atoms with Crippen molar-refractivity contribution in [3.05, 3.63) is 71.3 Å². The van der Waals surface area contributed by atoms with Crippen LogP contribution in [0.25, 0.3) is 0 Å². The van der Waals surface area contributed by atoms with Crippen molar-refractivity contribution in [2.45, 2.75) is 38.3 Å². The molecule has 0 radical (unpaired) electrons. The zero-order chi connectivity index (χ0) is 20.0. The van der Waals surface area contributed by atoms with Gasteiger partial charge in [-0.2, -0.15) is 4.98 Å². The Morgan fingerprint density at radius 2 is 1.62 bits per heavy atom. The highest BCUT2D eigenvalue weighted by molar-refractivity contribution is 6.18. The van der Waals surface area contributed by atoms with Crippen LogP contribution in [-0.4, -0.2) is 26.6 Å². The maximum Gasteiger partial charge on any atom is 0.260 e. The number of benzene rings is 2. The molecule has 1 fully saturated rings. The molecule has 146 valence electrons. The SMILES string of the molecule is Cc1ccc(C2CC(c3ccccc3)n3nc(N4C(=O)CCC4=O)nc3N2)cc1. The summed E-state index contributed by atoms with van der Waals surface area (Å²) in [4.78, 5) is 30.0. The monoisotopic (exact) mass is 387 g/mol. The van der Waals surface area contributed by atoms with Crippen molar-refractivity contribution < 1.29 is 9.59 Å². The number of nitrogens with zero attached hydrogens (tertiary/aromatic N) is 4. The normalized spacial score (nSPS) is 21.2. The second-order valence-corrected chi connectivity index (χ2v) is 7.57. The molecule has 1 aromatic heterocycles. The van der Waals surface area contributed by atoms with Gasteiger partial charge in [0.05, 0.1) is 12.1 Å². The molecular weight excluding hydrogens is 366 g/mol. The minimum atomic E-state index is -0.246. The van der Waals surface area contributed by atoms with Gasteiger partial charge in [-0.1, -0.05) is 60.2 Å². The molecule has 7 nitrogen and oxygen atoms in total. The van der Waals surface area contributed by atoms with Crippen molar-refractivity contribution in [1.29, 1.82) is 0 Å². The van der Waals surface area contributed by atoms with Gasteiger partial charge < -0.3 is 5.32 Å². The smallest absolute Gasteiger partial charge is 0.260 e. The first-order chi connectivity index (χ1) is 14.1. The van der Waals surface area contributed by atoms with Crippen LogP contribution in [0.5, 0.6) is 0 Å². The van der Waals surface area contributed by atoms with E-state index in [1.54, 1.807) is 4.68 Å². The van der Waals surface area contributed by atoms with Crippen molar-refractivity contribution in [2.75, 3.05) is 10.2 Å². The third kappa shape index (κ3) is 3.08. The van der Waals surface area contributed by atoms with E-state index >= 15 is 0 Å². The van der Waals surface area contributed by atoms with Gasteiger partial charge in [-0.05, 0) is 24.5 Å². The van der Waals surface area contributed by atoms with Crippen LogP contribution in [0.1, 0.15) is 48.0 Å². The van der Waals surface area contributed by atoms with Crippen LogP contribution >= 0.6 is 0 Å². The van der Waals surface area contributed by atoms with Gasteiger partial charge in [-0.15, -0.1) is 5.10 Å². The average Bonchev–Trinajstić information content (AvgIpc) is 3.30. The highest BCUT2D eigenvalue weighted by Crippen LogP contribution is 2.39. The minimum absolute atomic E-state index is 0.0483. The van der Waals surface area contributed by atoms with Crippen LogP contribution in [0.15, 0.2) is 54.6 Å². The quantitative estimate of drug-likeness (QED) is 0.697. The average molecular weight is 387 g/mol. The molecule has 1 N–H and O–H groups in total. The van der Waals surface area contributed by atoms with Crippen LogP contribution in [-0.2, 0) is 9.59 Å². The van der Waals surface area contributed by atoms with Crippen molar-refractivity contribution in [1.82, 2.24) is 14.8 Å². The largest absolute Gasteiger partial charge is 0.347 e. The number of hydrogen-bond donors (Lipinski definition) is 1. The molecule has 2 aliphatic heterocycles. The number of carbonyl (C=O) groups excluding carboxylic acids is 2. The second kappa shape index (κ2) is 6.84. The molecule has 3 aromatic rings. The lowest BCUT2D eigenvalue weighted by molar-refractivity contribution is -0.121.